The molecule has 0 aliphatic carbocycles. The summed E-state index contributed by atoms with van der Waals surface area (Å²) < 4.78 is 9.05. The zero-order valence-electron chi connectivity index (χ0n) is 36.2. The molecule has 0 radical (unpaired) electrons. The van der Waals surface area contributed by atoms with Crippen LogP contribution in [-0.4, -0.2) is 16.2 Å². The first kappa shape index (κ1) is 39.0. The van der Waals surface area contributed by atoms with Crippen LogP contribution < -0.4 is 14.5 Å². The van der Waals surface area contributed by atoms with Gasteiger partial charge in [-0.1, -0.05) is 137 Å². The normalized spacial score (nSPS) is 14.1. The van der Waals surface area contributed by atoms with Gasteiger partial charge < -0.3 is 14.5 Å². The van der Waals surface area contributed by atoms with Crippen molar-refractivity contribution >= 4 is 33.2 Å². The molecule has 0 atom stereocenters. The summed E-state index contributed by atoms with van der Waals surface area (Å²) >= 11 is 0. The van der Waals surface area contributed by atoms with E-state index >= 15 is 0 Å². The van der Waals surface area contributed by atoms with Crippen molar-refractivity contribution in [3.8, 4) is 17.3 Å². The second kappa shape index (κ2) is 14.2. The fraction of sp³-hybridized carbons (Fsp3) is 0.302. The quantitative estimate of drug-likeness (QED) is 0.162. The summed E-state index contributed by atoms with van der Waals surface area (Å²) in [4.78, 5) is 9.76. The number of para-hydroxylation sites is 1. The molecule has 58 heavy (non-hydrogen) atoms. The number of nitrogens with zero attached hydrogens (tertiary/aromatic N) is 4. The van der Waals surface area contributed by atoms with E-state index in [1.54, 1.807) is 0 Å². The fourth-order valence-electron chi connectivity index (χ4n) is 8.13. The molecule has 0 fully saturated rings. The molecular weight excluding hydrogens is 709 g/mol. The highest BCUT2D eigenvalue weighted by Gasteiger charge is 2.36. The largest absolute Gasteiger partial charge is 0.457 e. The van der Waals surface area contributed by atoms with Crippen molar-refractivity contribution in [3.05, 3.63) is 168 Å². The standard InChI is InChI=1S/C53H58N4O/c1-50(2,3)37-26-27-54-49(31-37)57-46-23-16-15-22-44(46)45-25-24-43(33-47(45)57)58-42-21-17-20-40(32-42)56-35-55(34-48(56)53(10,11)36-18-13-12-14-19-36)41-29-38(51(4,5)6)28-39(30-41)52(7,8)9/h12-34H,35H2,1-11H3. The van der Waals surface area contributed by atoms with Crippen LogP contribution >= 0.6 is 0 Å². The lowest BCUT2D eigenvalue weighted by atomic mass is 9.80. The summed E-state index contributed by atoms with van der Waals surface area (Å²) in [6.07, 6.45) is 4.29. The van der Waals surface area contributed by atoms with Gasteiger partial charge in [-0.15, -0.1) is 0 Å². The van der Waals surface area contributed by atoms with E-state index in [2.05, 4.69) is 224 Å². The molecule has 0 amide bonds. The molecule has 5 nitrogen and oxygen atoms in total. The summed E-state index contributed by atoms with van der Waals surface area (Å²) in [7, 11) is 0. The lowest BCUT2D eigenvalue weighted by Gasteiger charge is -2.34. The molecule has 0 bridgehead atoms. The van der Waals surface area contributed by atoms with Gasteiger partial charge in [0, 0.05) is 57.8 Å². The van der Waals surface area contributed by atoms with Crippen LogP contribution in [0.4, 0.5) is 11.4 Å². The van der Waals surface area contributed by atoms with Gasteiger partial charge in [-0.3, -0.25) is 4.57 Å². The highest BCUT2D eigenvalue weighted by Crippen LogP contribution is 2.43. The average Bonchev–Trinajstić information content (AvgIpc) is 3.78. The van der Waals surface area contributed by atoms with E-state index in [0.29, 0.717) is 6.67 Å². The van der Waals surface area contributed by atoms with Gasteiger partial charge in [0.1, 0.15) is 17.3 Å². The summed E-state index contributed by atoms with van der Waals surface area (Å²) in [5.74, 6) is 2.46. The molecule has 2 aromatic heterocycles. The van der Waals surface area contributed by atoms with E-state index < -0.39 is 0 Å². The van der Waals surface area contributed by atoms with E-state index in [4.69, 9.17) is 9.72 Å². The van der Waals surface area contributed by atoms with Crippen molar-refractivity contribution in [1.29, 1.82) is 0 Å². The molecule has 5 heteroatoms. The third-order valence-corrected chi connectivity index (χ3v) is 11.8. The first-order chi connectivity index (χ1) is 27.4. The molecule has 7 aromatic rings. The Morgan fingerprint density at radius 3 is 1.83 bits per heavy atom. The van der Waals surface area contributed by atoms with Gasteiger partial charge in [-0.25, -0.2) is 4.98 Å². The Balaban J connectivity index is 1.19. The number of rotatable bonds is 7. The number of hydrogen-bond donors (Lipinski definition) is 0. The monoisotopic (exact) mass is 766 g/mol. The predicted octanol–water partition coefficient (Wildman–Crippen LogP) is 14.0. The highest BCUT2D eigenvalue weighted by atomic mass is 16.5. The Morgan fingerprint density at radius 1 is 0.500 bits per heavy atom. The van der Waals surface area contributed by atoms with Crippen LogP contribution in [0.3, 0.4) is 0 Å². The SMILES string of the molecule is CC(C)(C)c1cc(N2C=C(C(C)(C)c3ccccc3)N(c3cccc(Oc4ccc5c6ccccc6n(-c6cc(C(C)(C)C)ccn6)c5c4)c3)C2)cc(C(C)(C)C)c1. The van der Waals surface area contributed by atoms with Gasteiger partial charge in [-0.2, -0.15) is 0 Å². The number of pyridine rings is 1. The van der Waals surface area contributed by atoms with Crippen molar-refractivity contribution in [2.75, 3.05) is 16.5 Å². The minimum absolute atomic E-state index is 0.000691. The number of fused-ring (bicyclic) bond motifs is 3. The van der Waals surface area contributed by atoms with Crippen molar-refractivity contribution in [3.63, 3.8) is 0 Å². The van der Waals surface area contributed by atoms with Crippen LogP contribution in [-0.2, 0) is 21.7 Å². The zero-order valence-corrected chi connectivity index (χ0v) is 36.2. The Kier molecular flexibility index (Phi) is 9.58. The Morgan fingerprint density at radius 2 is 1.14 bits per heavy atom. The van der Waals surface area contributed by atoms with Crippen LogP contribution in [0.2, 0.25) is 0 Å². The average molecular weight is 767 g/mol. The Bertz CT molecular complexity index is 2630. The van der Waals surface area contributed by atoms with Crippen molar-refractivity contribution < 1.29 is 4.74 Å². The van der Waals surface area contributed by atoms with Gasteiger partial charge in [0.05, 0.1) is 17.7 Å². The van der Waals surface area contributed by atoms with E-state index in [1.165, 1.54) is 44.4 Å². The molecule has 0 saturated carbocycles. The maximum Gasteiger partial charge on any atom is 0.137 e. The third kappa shape index (κ3) is 7.39. The van der Waals surface area contributed by atoms with Gasteiger partial charge in [-0.05, 0) is 93.1 Å². The topological polar surface area (TPSA) is 33.5 Å². The van der Waals surface area contributed by atoms with Crippen LogP contribution in [0.25, 0.3) is 27.6 Å². The summed E-state index contributed by atoms with van der Waals surface area (Å²) in [6.45, 7) is 25.9. The number of anilines is 2. The number of allylic oxidation sites excluding steroid dienone is 1. The zero-order chi connectivity index (χ0) is 41.2. The highest BCUT2D eigenvalue weighted by molar-refractivity contribution is 6.09. The molecule has 0 saturated heterocycles. The van der Waals surface area contributed by atoms with E-state index in [9.17, 15) is 0 Å². The van der Waals surface area contributed by atoms with Crippen molar-refractivity contribution in [1.82, 2.24) is 9.55 Å². The molecule has 1 aliphatic heterocycles. The first-order valence-electron chi connectivity index (χ1n) is 20.6. The molecule has 3 heterocycles. The lowest BCUT2D eigenvalue weighted by Crippen LogP contribution is -2.34. The molecule has 1 aliphatic rings. The maximum absolute atomic E-state index is 6.78. The third-order valence-electron chi connectivity index (χ3n) is 11.8. The smallest absolute Gasteiger partial charge is 0.137 e. The second-order valence-electron chi connectivity index (χ2n) is 19.6. The minimum atomic E-state index is -0.280. The van der Waals surface area contributed by atoms with Gasteiger partial charge in [0.25, 0.3) is 0 Å². The van der Waals surface area contributed by atoms with Gasteiger partial charge in [0.2, 0.25) is 0 Å². The van der Waals surface area contributed by atoms with Crippen LogP contribution in [0.5, 0.6) is 11.5 Å². The number of hydrogen-bond acceptors (Lipinski definition) is 4. The van der Waals surface area contributed by atoms with Crippen LogP contribution in [0.1, 0.15) is 98.4 Å². The van der Waals surface area contributed by atoms with Gasteiger partial charge >= 0.3 is 0 Å². The predicted molar refractivity (Wildman–Crippen MR) is 245 cm³/mol. The number of benzene rings is 5. The number of aromatic nitrogens is 2. The molecule has 0 unspecified atom stereocenters. The maximum atomic E-state index is 6.78. The molecule has 5 aromatic carbocycles. The first-order valence-corrected chi connectivity index (χ1v) is 20.6. The Hall–Kier alpha value is -5.81. The van der Waals surface area contributed by atoms with E-state index in [-0.39, 0.29) is 21.7 Å². The van der Waals surface area contributed by atoms with E-state index in [0.717, 1.165) is 34.0 Å². The van der Waals surface area contributed by atoms with Crippen LogP contribution in [0.15, 0.2) is 145 Å². The molecule has 0 N–H and O–H groups in total. The second-order valence-corrected chi connectivity index (χ2v) is 19.6. The summed E-state index contributed by atoms with van der Waals surface area (Å²) in [5, 5.41) is 2.36. The fourth-order valence-corrected chi connectivity index (χ4v) is 8.13. The molecular formula is C53H58N4O. The van der Waals surface area contributed by atoms with Crippen molar-refractivity contribution in [2.45, 2.75) is 97.8 Å². The molecule has 0 spiro atoms. The summed E-state index contributed by atoms with van der Waals surface area (Å²) in [6, 6.07) is 45.9. The summed E-state index contributed by atoms with van der Waals surface area (Å²) in [5.41, 5.74) is 10.6. The molecule has 296 valence electrons. The van der Waals surface area contributed by atoms with E-state index in [1.807, 2.05) is 6.20 Å². The Labute approximate surface area is 345 Å². The molecule has 8 rings (SSSR count). The lowest BCUT2D eigenvalue weighted by molar-refractivity contribution is 0.483. The van der Waals surface area contributed by atoms with Crippen molar-refractivity contribution in [2.24, 2.45) is 0 Å². The minimum Gasteiger partial charge on any atom is -0.457 e. The van der Waals surface area contributed by atoms with Crippen LogP contribution in [0, 0.1) is 0 Å². The van der Waals surface area contributed by atoms with Gasteiger partial charge in [0.15, 0.2) is 0 Å². The number of ether oxygens (including phenoxy) is 1.